The van der Waals surface area contributed by atoms with Crippen LogP contribution >= 0.6 is 58.6 Å². The van der Waals surface area contributed by atoms with Gasteiger partial charge >= 0.3 is 0 Å². The summed E-state index contributed by atoms with van der Waals surface area (Å²) in [4.78, 5) is 0.846. The van der Waals surface area contributed by atoms with Crippen LogP contribution in [-0.4, -0.2) is 19.7 Å². The molecule has 0 heterocycles. The van der Waals surface area contributed by atoms with Crippen LogP contribution in [0.2, 0.25) is 0 Å². The number of alkyl halides is 4. The molecular formula is C13H23Cl4NS. The summed E-state index contributed by atoms with van der Waals surface area (Å²) in [5.41, 5.74) is -0.158. The van der Waals surface area contributed by atoms with Gasteiger partial charge in [-0.25, -0.2) is 0 Å². The second-order valence-electron chi connectivity index (χ2n) is 6.57. The molecule has 0 aromatic rings. The van der Waals surface area contributed by atoms with Gasteiger partial charge in [0.15, 0.2) is 3.79 Å². The van der Waals surface area contributed by atoms with Gasteiger partial charge in [0.2, 0.25) is 0 Å². The van der Waals surface area contributed by atoms with Crippen molar-refractivity contribution in [3.05, 3.63) is 0 Å². The van der Waals surface area contributed by atoms with Gasteiger partial charge in [-0.2, -0.15) is 0 Å². The minimum Gasteiger partial charge on any atom is -0.375 e. The van der Waals surface area contributed by atoms with Crippen LogP contribution in [0.5, 0.6) is 0 Å². The summed E-state index contributed by atoms with van der Waals surface area (Å²) in [5.74, 6) is 0. The standard InChI is InChI=1S/C13H23Cl4NS/c1-11(2,3)18-10(19)6-7-12(4,5)9(14)8-13(15,16)17/h9H,6-8H2,1-5H3,(H,18,19). The first-order chi connectivity index (χ1) is 8.23. The normalized spacial score (nSPS) is 15.2. The molecule has 1 atom stereocenters. The van der Waals surface area contributed by atoms with E-state index in [4.69, 9.17) is 58.6 Å². The first kappa shape index (κ1) is 20.1. The second kappa shape index (κ2) is 7.35. The lowest BCUT2D eigenvalue weighted by Crippen LogP contribution is -2.40. The average molecular weight is 367 g/mol. The van der Waals surface area contributed by atoms with Crippen molar-refractivity contribution >= 4 is 63.6 Å². The van der Waals surface area contributed by atoms with Crippen molar-refractivity contribution in [2.75, 3.05) is 0 Å². The third-order valence-corrected chi connectivity index (χ3v) is 4.28. The van der Waals surface area contributed by atoms with Crippen molar-refractivity contribution in [2.24, 2.45) is 5.41 Å². The summed E-state index contributed by atoms with van der Waals surface area (Å²) in [5, 5.41) is 3.08. The Morgan fingerprint density at radius 3 is 1.95 bits per heavy atom. The maximum atomic E-state index is 6.36. The summed E-state index contributed by atoms with van der Waals surface area (Å²) in [6.07, 6.45) is 1.96. The molecule has 0 amide bonds. The molecule has 0 aromatic carbocycles. The summed E-state index contributed by atoms with van der Waals surface area (Å²) < 4.78 is -1.31. The smallest absolute Gasteiger partial charge is 0.192 e. The van der Waals surface area contributed by atoms with Gasteiger partial charge in [-0.3, -0.25) is 0 Å². The Balaban J connectivity index is 4.34. The molecule has 19 heavy (non-hydrogen) atoms. The first-order valence-corrected chi connectivity index (χ1v) is 8.23. The molecule has 0 aliphatic carbocycles. The number of halogens is 4. The molecule has 0 aliphatic rings. The van der Waals surface area contributed by atoms with Crippen LogP contribution in [0.4, 0.5) is 0 Å². The van der Waals surface area contributed by atoms with Gasteiger partial charge < -0.3 is 5.32 Å². The first-order valence-electron chi connectivity index (χ1n) is 6.25. The molecule has 1 nitrogen and oxygen atoms in total. The van der Waals surface area contributed by atoms with Crippen LogP contribution in [0.15, 0.2) is 0 Å². The van der Waals surface area contributed by atoms with Crippen LogP contribution in [-0.2, 0) is 0 Å². The Morgan fingerprint density at radius 1 is 1.11 bits per heavy atom. The second-order valence-corrected chi connectivity index (χ2v) is 10.1. The van der Waals surface area contributed by atoms with E-state index in [1.54, 1.807) is 0 Å². The maximum Gasteiger partial charge on any atom is 0.192 e. The molecule has 1 unspecified atom stereocenters. The molecule has 0 aromatic heterocycles. The third kappa shape index (κ3) is 10.4. The van der Waals surface area contributed by atoms with E-state index in [1.807, 2.05) is 0 Å². The monoisotopic (exact) mass is 365 g/mol. The van der Waals surface area contributed by atoms with Crippen molar-refractivity contribution < 1.29 is 0 Å². The Hall–Kier alpha value is 1.05. The molecule has 0 rings (SSSR count). The highest BCUT2D eigenvalue weighted by Gasteiger charge is 2.34. The van der Waals surface area contributed by atoms with Crippen molar-refractivity contribution in [3.8, 4) is 0 Å². The summed E-state index contributed by atoms with van der Waals surface area (Å²) in [6, 6.07) is 0. The van der Waals surface area contributed by atoms with Crippen LogP contribution in [0.3, 0.4) is 0 Å². The van der Waals surface area contributed by atoms with Crippen LogP contribution in [0.25, 0.3) is 0 Å². The Bertz CT molecular complexity index is 305. The average Bonchev–Trinajstić information content (AvgIpc) is 2.09. The molecule has 6 heteroatoms. The minimum absolute atomic E-state index is 0.0147. The zero-order valence-electron chi connectivity index (χ0n) is 12.1. The molecular weight excluding hydrogens is 344 g/mol. The van der Waals surface area contributed by atoms with Crippen molar-refractivity contribution in [1.82, 2.24) is 5.32 Å². The zero-order valence-corrected chi connectivity index (χ0v) is 16.0. The molecule has 0 radical (unpaired) electrons. The van der Waals surface area contributed by atoms with E-state index in [0.717, 1.165) is 17.8 Å². The molecule has 0 aliphatic heterocycles. The lowest BCUT2D eigenvalue weighted by Gasteiger charge is -2.32. The van der Waals surface area contributed by atoms with Crippen molar-refractivity contribution in [2.45, 2.75) is 68.6 Å². The molecule has 0 spiro atoms. The number of hydrogen-bond acceptors (Lipinski definition) is 1. The highest BCUT2D eigenvalue weighted by atomic mass is 35.6. The molecule has 0 bridgehead atoms. The van der Waals surface area contributed by atoms with Crippen LogP contribution in [0, 0.1) is 5.41 Å². The number of rotatable bonds is 5. The lowest BCUT2D eigenvalue weighted by molar-refractivity contribution is 0.312. The van der Waals surface area contributed by atoms with Gasteiger partial charge in [-0.1, -0.05) is 60.9 Å². The molecule has 1 N–H and O–H groups in total. The van der Waals surface area contributed by atoms with Gasteiger partial charge in [-0.05, 0) is 39.0 Å². The van der Waals surface area contributed by atoms with Crippen LogP contribution in [0.1, 0.15) is 53.9 Å². The van der Waals surface area contributed by atoms with E-state index in [-0.39, 0.29) is 16.3 Å². The van der Waals surface area contributed by atoms with Gasteiger partial charge in [0.25, 0.3) is 0 Å². The summed E-state index contributed by atoms with van der Waals surface area (Å²) in [7, 11) is 0. The van der Waals surface area contributed by atoms with Gasteiger partial charge in [0.1, 0.15) is 0 Å². The quantitative estimate of drug-likeness (QED) is 0.481. The number of thiocarbonyl (C=S) groups is 1. The van der Waals surface area contributed by atoms with E-state index in [0.29, 0.717) is 6.42 Å². The van der Waals surface area contributed by atoms with E-state index < -0.39 is 3.79 Å². The third-order valence-electron chi connectivity index (χ3n) is 2.77. The fourth-order valence-corrected chi connectivity index (χ4v) is 3.00. The molecule has 0 fully saturated rings. The Labute approximate surface area is 142 Å². The SMILES string of the molecule is CC(C)(C)NC(=S)CCC(C)(C)C(Cl)CC(Cl)(Cl)Cl. The highest BCUT2D eigenvalue weighted by Crippen LogP contribution is 2.41. The summed E-state index contributed by atoms with van der Waals surface area (Å²) >= 11 is 29.1. The van der Waals surface area contributed by atoms with Gasteiger partial charge in [-0.15, -0.1) is 11.6 Å². The summed E-state index contributed by atoms with van der Waals surface area (Å²) in [6.45, 7) is 10.4. The van der Waals surface area contributed by atoms with Gasteiger partial charge in [0.05, 0.1) is 4.99 Å². The predicted octanol–water partition coefficient (Wildman–Crippen LogP) is 5.88. The number of nitrogens with one attached hydrogen (secondary N) is 1. The van der Waals surface area contributed by atoms with Crippen molar-refractivity contribution in [1.29, 1.82) is 0 Å². The van der Waals surface area contributed by atoms with E-state index in [9.17, 15) is 0 Å². The largest absolute Gasteiger partial charge is 0.375 e. The zero-order chi connectivity index (χ0) is 15.5. The predicted molar refractivity (Wildman–Crippen MR) is 93.0 cm³/mol. The van der Waals surface area contributed by atoms with Crippen molar-refractivity contribution in [3.63, 3.8) is 0 Å². The molecule has 0 saturated carbocycles. The molecule has 114 valence electrons. The minimum atomic E-state index is -1.31. The maximum absolute atomic E-state index is 6.36. The molecule has 0 saturated heterocycles. The Morgan fingerprint density at radius 2 is 1.58 bits per heavy atom. The Kier molecular flexibility index (Phi) is 7.76. The highest BCUT2D eigenvalue weighted by molar-refractivity contribution is 7.80. The topological polar surface area (TPSA) is 12.0 Å². The number of hydrogen-bond donors (Lipinski definition) is 1. The van der Waals surface area contributed by atoms with E-state index in [2.05, 4.69) is 39.9 Å². The van der Waals surface area contributed by atoms with E-state index in [1.165, 1.54) is 0 Å². The van der Waals surface area contributed by atoms with E-state index >= 15 is 0 Å². The fraction of sp³-hybridized carbons (Fsp3) is 0.923. The fourth-order valence-electron chi connectivity index (χ4n) is 1.55. The van der Waals surface area contributed by atoms with Crippen LogP contribution < -0.4 is 5.32 Å². The lowest BCUT2D eigenvalue weighted by atomic mass is 9.82. The van der Waals surface area contributed by atoms with Gasteiger partial charge in [0, 0.05) is 17.3 Å².